The van der Waals surface area contributed by atoms with Gasteiger partial charge in [0.1, 0.15) is 0 Å². The van der Waals surface area contributed by atoms with Gasteiger partial charge in [-0.2, -0.15) is 0 Å². The van der Waals surface area contributed by atoms with E-state index in [1.807, 2.05) is 0 Å². The number of hydrogen-bond donors (Lipinski definition) is 0. The molecule has 0 fully saturated rings. The quantitative estimate of drug-likeness (QED) is 0.139. The molecular formula is C29H60. The van der Waals surface area contributed by atoms with Gasteiger partial charge in [-0.05, 0) is 11.8 Å². The summed E-state index contributed by atoms with van der Waals surface area (Å²) in [7, 11) is 0. The molecule has 0 spiro atoms. The van der Waals surface area contributed by atoms with Crippen LogP contribution in [0.15, 0.2) is 0 Å². The number of unbranched alkanes of at least 4 members (excludes halogenated alkanes) is 16. The van der Waals surface area contributed by atoms with Crippen molar-refractivity contribution in [1.29, 1.82) is 0 Å². The van der Waals surface area contributed by atoms with E-state index in [4.69, 9.17) is 0 Å². The van der Waals surface area contributed by atoms with Gasteiger partial charge in [-0.15, -0.1) is 0 Å². The molecule has 0 aliphatic carbocycles. The molecule has 2 atom stereocenters. The van der Waals surface area contributed by atoms with Crippen molar-refractivity contribution in [3.05, 3.63) is 0 Å². The molecule has 2 unspecified atom stereocenters. The Balaban J connectivity index is 3.26. The summed E-state index contributed by atoms with van der Waals surface area (Å²) in [5, 5.41) is 0. The normalized spacial score (nSPS) is 13.7. The smallest absolute Gasteiger partial charge is 0.0443 e. The third-order valence-corrected chi connectivity index (χ3v) is 6.99. The van der Waals surface area contributed by atoms with Crippen LogP contribution in [0.1, 0.15) is 175 Å². The average Bonchev–Trinajstić information content (AvgIpc) is 2.71. The van der Waals surface area contributed by atoms with Crippen LogP contribution in [-0.2, 0) is 0 Å². The van der Waals surface area contributed by atoms with E-state index in [9.17, 15) is 0 Å². The molecule has 29 heavy (non-hydrogen) atoms. The van der Waals surface area contributed by atoms with Crippen molar-refractivity contribution >= 4 is 0 Å². The van der Waals surface area contributed by atoms with Crippen molar-refractivity contribution in [2.24, 2.45) is 11.8 Å². The van der Waals surface area contributed by atoms with Crippen molar-refractivity contribution in [2.45, 2.75) is 175 Å². The Kier molecular flexibility index (Phi) is 24.3. The lowest BCUT2D eigenvalue weighted by molar-refractivity contribution is 0.407. The molecule has 0 nitrogen and oxygen atoms in total. The Morgan fingerprint density at radius 2 is 0.517 bits per heavy atom. The lowest BCUT2D eigenvalue weighted by atomic mass is 9.93. The van der Waals surface area contributed by atoms with Crippen LogP contribution in [0, 0.1) is 11.8 Å². The van der Waals surface area contributed by atoms with Gasteiger partial charge in [0.2, 0.25) is 0 Å². The van der Waals surface area contributed by atoms with Crippen molar-refractivity contribution < 1.29 is 0 Å². The molecule has 0 amide bonds. The molecule has 0 aliphatic heterocycles. The van der Waals surface area contributed by atoms with Crippen molar-refractivity contribution in [3.8, 4) is 0 Å². The summed E-state index contributed by atoms with van der Waals surface area (Å²) in [6.07, 6.45) is 33.6. The maximum Gasteiger partial charge on any atom is -0.0443 e. The first-order chi connectivity index (χ1) is 14.2. The van der Waals surface area contributed by atoms with Gasteiger partial charge in [0.05, 0.1) is 0 Å². The Morgan fingerprint density at radius 1 is 0.310 bits per heavy atom. The Labute approximate surface area is 187 Å². The molecule has 0 bridgehead atoms. The molecule has 0 rings (SSSR count). The van der Waals surface area contributed by atoms with Gasteiger partial charge in [0.25, 0.3) is 0 Å². The number of hydrogen-bond acceptors (Lipinski definition) is 0. The second kappa shape index (κ2) is 24.3. The zero-order valence-corrected chi connectivity index (χ0v) is 21.4. The maximum atomic E-state index is 2.49. The van der Waals surface area contributed by atoms with Crippen LogP contribution < -0.4 is 0 Å². The summed E-state index contributed by atoms with van der Waals surface area (Å²) in [6, 6.07) is 0. The van der Waals surface area contributed by atoms with Crippen LogP contribution in [0.3, 0.4) is 0 Å². The van der Waals surface area contributed by atoms with E-state index < -0.39 is 0 Å². The summed E-state index contributed by atoms with van der Waals surface area (Å²) < 4.78 is 0. The highest BCUT2D eigenvalue weighted by Gasteiger charge is 2.05. The lowest BCUT2D eigenvalue weighted by Gasteiger charge is -2.13. The molecule has 0 N–H and O–H groups in total. The predicted octanol–water partition coefficient (Wildman–Crippen LogP) is 11.3. The largest absolute Gasteiger partial charge is 0.0654 e. The fourth-order valence-corrected chi connectivity index (χ4v) is 4.70. The van der Waals surface area contributed by atoms with Gasteiger partial charge in [-0.3, -0.25) is 0 Å². The monoisotopic (exact) mass is 408 g/mol. The van der Waals surface area contributed by atoms with E-state index in [0.29, 0.717) is 0 Å². The Hall–Kier alpha value is 0. The fourth-order valence-electron chi connectivity index (χ4n) is 4.70. The van der Waals surface area contributed by atoms with Crippen molar-refractivity contribution in [3.63, 3.8) is 0 Å². The molecule has 0 saturated carbocycles. The topological polar surface area (TPSA) is 0 Å². The van der Waals surface area contributed by atoms with Gasteiger partial charge in [-0.1, -0.05) is 175 Å². The molecule has 0 radical (unpaired) electrons. The van der Waals surface area contributed by atoms with Crippen LogP contribution in [-0.4, -0.2) is 0 Å². The average molecular weight is 409 g/mol. The predicted molar refractivity (Wildman–Crippen MR) is 136 cm³/mol. The summed E-state index contributed by atoms with van der Waals surface area (Å²) in [5.74, 6) is 1.93. The zero-order valence-electron chi connectivity index (χ0n) is 21.4. The maximum absolute atomic E-state index is 2.49. The van der Waals surface area contributed by atoms with Gasteiger partial charge < -0.3 is 0 Å². The molecule has 0 aromatic heterocycles. The van der Waals surface area contributed by atoms with Crippen molar-refractivity contribution in [2.75, 3.05) is 0 Å². The Bertz CT molecular complexity index is 282. The second-order valence-corrected chi connectivity index (χ2v) is 10.4. The first kappa shape index (κ1) is 29.0. The minimum absolute atomic E-state index is 0.963. The van der Waals surface area contributed by atoms with E-state index in [1.54, 1.807) is 0 Å². The third-order valence-electron chi connectivity index (χ3n) is 6.99. The fraction of sp³-hybridized carbons (Fsp3) is 1.00. The first-order valence-corrected chi connectivity index (χ1v) is 14.2. The van der Waals surface area contributed by atoms with Gasteiger partial charge in [-0.25, -0.2) is 0 Å². The summed E-state index contributed by atoms with van der Waals surface area (Å²) in [4.78, 5) is 0. The van der Waals surface area contributed by atoms with Crippen LogP contribution >= 0.6 is 0 Å². The summed E-state index contributed by atoms with van der Waals surface area (Å²) in [6.45, 7) is 9.59. The van der Waals surface area contributed by atoms with E-state index >= 15 is 0 Å². The van der Waals surface area contributed by atoms with Gasteiger partial charge in [0, 0.05) is 0 Å². The van der Waals surface area contributed by atoms with Crippen LogP contribution in [0.5, 0.6) is 0 Å². The molecule has 0 aromatic carbocycles. The second-order valence-electron chi connectivity index (χ2n) is 10.4. The van der Waals surface area contributed by atoms with Crippen LogP contribution in [0.25, 0.3) is 0 Å². The van der Waals surface area contributed by atoms with E-state index in [1.165, 1.54) is 148 Å². The molecule has 0 heteroatoms. The standard InChI is InChI=1S/C29H60/c1-5-7-9-11-13-14-16-18-21-25-29(4)27-23-19-22-26-28(3)24-20-17-15-12-10-8-6-2/h28-29H,5-27H2,1-4H3. The molecule has 176 valence electrons. The molecule has 0 aromatic rings. The minimum Gasteiger partial charge on any atom is -0.0654 e. The van der Waals surface area contributed by atoms with E-state index in [-0.39, 0.29) is 0 Å². The van der Waals surface area contributed by atoms with Crippen LogP contribution in [0.2, 0.25) is 0 Å². The summed E-state index contributed by atoms with van der Waals surface area (Å²) in [5.41, 5.74) is 0. The van der Waals surface area contributed by atoms with Gasteiger partial charge in [0.15, 0.2) is 0 Å². The van der Waals surface area contributed by atoms with Crippen molar-refractivity contribution in [1.82, 2.24) is 0 Å². The third kappa shape index (κ3) is 24.1. The van der Waals surface area contributed by atoms with E-state index in [2.05, 4.69) is 27.7 Å². The summed E-state index contributed by atoms with van der Waals surface area (Å²) >= 11 is 0. The molecule has 0 aliphatic rings. The highest BCUT2D eigenvalue weighted by Crippen LogP contribution is 2.21. The number of rotatable bonds is 24. The lowest BCUT2D eigenvalue weighted by Crippen LogP contribution is -1.97. The van der Waals surface area contributed by atoms with Gasteiger partial charge >= 0.3 is 0 Å². The first-order valence-electron chi connectivity index (χ1n) is 14.2. The van der Waals surface area contributed by atoms with E-state index in [0.717, 1.165) is 11.8 Å². The molecular weight excluding hydrogens is 348 g/mol. The Morgan fingerprint density at radius 3 is 0.793 bits per heavy atom. The van der Waals surface area contributed by atoms with Crippen LogP contribution in [0.4, 0.5) is 0 Å². The molecule has 0 heterocycles. The highest BCUT2D eigenvalue weighted by atomic mass is 14.1. The zero-order chi connectivity index (χ0) is 21.4. The molecule has 0 saturated heterocycles. The highest BCUT2D eigenvalue weighted by molar-refractivity contribution is 4.58. The SMILES string of the molecule is CCCCCCCCCCCC(C)CCCCCC(C)CCCCCCCCC. The minimum atomic E-state index is 0.963.